The molecule has 1 rings (SSSR count). The number of phenolic OH excluding ortho intramolecular Hbond substituents is 1. The summed E-state index contributed by atoms with van der Waals surface area (Å²) in [6, 6.07) is 4.98. The molecule has 3 N–H and O–H groups in total. The topological polar surface area (TPSA) is 91.2 Å². The van der Waals surface area contributed by atoms with E-state index in [0.717, 1.165) is 25.7 Å². The number of ether oxygens (including phenoxy) is 1. The summed E-state index contributed by atoms with van der Waals surface area (Å²) in [5.41, 5.74) is 1.40. The Bertz CT molecular complexity index is 550. The zero-order valence-electron chi connectivity index (χ0n) is 14.7. The third-order valence-corrected chi connectivity index (χ3v) is 3.93. The van der Waals surface area contributed by atoms with Crippen LogP contribution < -0.4 is 10.2 Å². The van der Waals surface area contributed by atoms with E-state index in [1.165, 1.54) is 13.3 Å². The number of rotatable bonds is 10. The molecule has 0 saturated heterocycles. The molecule has 1 aromatic carbocycles. The second-order valence-electron chi connectivity index (χ2n) is 5.84. The van der Waals surface area contributed by atoms with Gasteiger partial charge in [0.15, 0.2) is 11.5 Å². The second-order valence-corrected chi connectivity index (χ2v) is 5.84. The monoisotopic (exact) mass is 336 g/mol. The van der Waals surface area contributed by atoms with Gasteiger partial charge in [0.25, 0.3) is 5.91 Å². The average molecular weight is 336 g/mol. The fourth-order valence-corrected chi connectivity index (χ4v) is 2.36. The van der Waals surface area contributed by atoms with Crippen LogP contribution in [0.5, 0.6) is 11.5 Å². The van der Waals surface area contributed by atoms with Crippen LogP contribution in [0.4, 0.5) is 0 Å². The number of phenols is 1. The van der Waals surface area contributed by atoms with Gasteiger partial charge in [-0.05, 0) is 25.0 Å². The molecule has 6 heteroatoms. The standard InChI is InChI=1S/C18H28N2O4/c1-4-6-11-18(23,12-7-5-2)17(22)20-19-13-14-9-8-10-15(24-3)16(14)21/h8-10,13,21,23H,4-7,11-12H2,1-3H3,(H,20,22). The third kappa shape index (κ3) is 5.53. The van der Waals surface area contributed by atoms with Gasteiger partial charge in [0.05, 0.1) is 13.3 Å². The van der Waals surface area contributed by atoms with Gasteiger partial charge in [-0.15, -0.1) is 0 Å². The van der Waals surface area contributed by atoms with E-state index >= 15 is 0 Å². The number of para-hydroxylation sites is 1. The minimum atomic E-state index is -1.40. The molecule has 0 aliphatic heterocycles. The highest BCUT2D eigenvalue weighted by molar-refractivity contribution is 5.88. The first-order chi connectivity index (χ1) is 11.5. The summed E-state index contributed by atoms with van der Waals surface area (Å²) in [5, 5.41) is 24.4. The summed E-state index contributed by atoms with van der Waals surface area (Å²) in [5.74, 6) is -0.235. The highest BCUT2D eigenvalue weighted by Gasteiger charge is 2.34. The molecule has 24 heavy (non-hydrogen) atoms. The average Bonchev–Trinajstić information content (AvgIpc) is 2.59. The molecule has 0 aromatic heterocycles. The lowest BCUT2D eigenvalue weighted by molar-refractivity contribution is -0.141. The van der Waals surface area contributed by atoms with Crippen molar-refractivity contribution in [1.82, 2.24) is 5.43 Å². The fourth-order valence-electron chi connectivity index (χ4n) is 2.36. The van der Waals surface area contributed by atoms with Crippen LogP contribution in [0.15, 0.2) is 23.3 Å². The molecular formula is C18H28N2O4. The van der Waals surface area contributed by atoms with Gasteiger partial charge >= 0.3 is 0 Å². The molecule has 1 aromatic rings. The minimum Gasteiger partial charge on any atom is -0.504 e. The number of hydrogen-bond acceptors (Lipinski definition) is 5. The highest BCUT2D eigenvalue weighted by Crippen LogP contribution is 2.28. The van der Waals surface area contributed by atoms with E-state index in [2.05, 4.69) is 10.5 Å². The van der Waals surface area contributed by atoms with Crippen LogP contribution in [0.25, 0.3) is 0 Å². The van der Waals surface area contributed by atoms with Crippen LogP contribution in [0.1, 0.15) is 57.9 Å². The number of aliphatic hydroxyl groups is 1. The second kappa shape index (κ2) is 9.93. The van der Waals surface area contributed by atoms with Crippen molar-refractivity contribution in [1.29, 1.82) is 0 Å². The molecule has 0 bridgehead atoms. The Morgan fingerprint density at radius 3 is 2.46 bits per heavy atom. The number of amides is 1. The molecule has 0 aliphatic carbocycles. The summed E-state index contributed by atoms with van der Waals surface area (Å²) >= 11 is 0. The predicted molar refractivity (Wildman–Crippen MR) is 94.4 cm³/mol. The lowest BCUT2D eigenvalue weighted by Crippen LogP contribution is -2.45. The van der Waals surface area contributed by atoms with Crippen LogP contribution in [0.3, 0.4) is 0 Å². The van der Waals surface area contributed by atoms with Crippen molar-refractivity contribution in [3.8, 4) is 11.5 Å². The van der Waals surface area contributed by atoms with E-state index < -0.39 is 11.5 Å². The zero-order valence-corrected chi connectivity index (χ0v) is 14.7. The van der Waals surface area contributed by atoms with Crippen LogP contribution in [0, 0.1) is 0 Å². The first-order valence-corrected chi connectivity index (χ1v) is 8.40. The first kappa shape index (κ1) is 20.0. The Morgan fingerprint density at radius 2 is 1.92 bits per heavy atom. The van der Waals surface area contributed by atoms with Gasteiger partial charge in [0, 0.05) is 5.56 Å². The zero-order chi connectivity index (χ0) is 18.0. The van der Waals surface area contributed by atoms with Crippen LogP contribution in [-0.2, 0) is 4.79 Å². The number of nitrogens with one attached hydrogen (secondary N) is 1. The first-order valence-electron chi connectivity index (χ1n) is 8.40. The maximum absolute atomic E-state index is 12.3. The van der Waals surface area contributed by atoms with Crippen LogP contribution >= 0.6 is 0 Å². The largest absolute Gasteiger partial charge is 0.504 e. The Hall–Kier alpha value is -2.08. The Balaban J connectivity index is 2.77. The quantitative estimate of drug-likeness (QED) is 0.452. The molecule has 0 radical (unpaired) electrons. The number of carbonyl (C=O) groups excluding carboxylic acids is 1. The predicted octanol–water partition coefficient (Wildman–Crippen LogP) is 2.96. The van der Waals surface area contributed by atoms with Crippen molar-refractivity contribution in [2.75, 3.05) is 7.11 Å². The molecule has 134 valence electrons. The van der Waals surface area contributed by atoms with Gasteiger partial charge in [0.2, 0.25) is 0 Å². The maximum Gasteiger partial charge on any atom is 0.271 e. The highest BCUT2D eigenvalue weighted by atomic mass is 16.5. The van der Waals surface area contributed by atoms with E-state index in [1.807, 2.05) is 13.8 Å². The van der Waals surface area contributed by atoms with Crippen molar-refractivity contribution in [2.24, 2.45) is 5.10 Å². The molecule has 0 saturated carbocycles. The summed E-state index contributed by atoms with van der Waals surface area (Å²) in [4.78, 5) is 12.3. The minimum absolute atomic E-state index is 0.0507. The fraction of sp³-hybridized carbons (Fsp3) is 0.556. The van der Waals surface area contributed by atoms with Gasteiger partial charge in [-0.25, -0.2) is 5.43 Å². The number of hydrazone groups is 1. The lowest BCUT2D eigenvalue weighted by atomic mass is 9.90. The molecule has 0 heterocycles. The van der Waals surface area contributed by atoms with Gasteiger partial charge < -0.3 is 14.9 Å². The summed E-state index contributed by atoms with van der Waals surface area (Å²) < 4.78 is 5.02. The Morgan fingerprint density at radius 1 is 1.29 bits per heavy atom. The molecule has 0 fully saturated rings. The molecule has 0 spiro atoms. The molecule has 0 atom stereocenters. The van der Waals surface area contributed by atoms with Gasteiger partial charge in [-0.1, -0.05) is 45.6 Å². The number of hydrogen-bond donors (Lipinski definition) is 3. The van der Waals surface area contributed by atoms with Crippen molar-refractivity contribution in [3.05, 3.63) is 23.8 Å². The number of unbranched alkanes of at least 4 members (excludes halogenated alkanes) is 2. The van der Waals surface area contributed by atoms with Crippen LogP contribution in [0.2, 0.25) is 0 Å². The van der Waals surface area contributed by atoms with Gasteiger partial charge in [0.1, 0.15) is 5.60 Å². The Kier molecular flexibility index (Phi) is 8.26. The van der Waals surface area contributed by atoms with Crippen molar-refractivity contribution in [2.45, 2.75) is 58.0 Å². The van der Waals surface area contributed by atoms with E-state index in [4.69, 9.17) is 4.74 Å². The van der Waals surface area contributed by atoms with Crippen molar-refractivity contribution < 1.29 is 19.7 Å². The van der Waals surface area contributed by atoms with E-state index in [1.54, 1.807) is 18.2 Å². The normalized spacial score (nSPS) is 11.7. The smallest absolute Gasteiger partial charge is 0.271 e. The number of carbonyl (C=O) groups is 1. The summed E-state index contributed by atoms with van der Waals surface area (Å²) in [6.45, 7) is 4.03. The van der Waals surface area contributed by atoms with Crippen molar-refractivity contribution >= 4 is 12.1 Å². The number of nitrogens with zero attached hydrogens (tertiary/aromatic N) is 1. The third-order valence-electron chi connectivity index (χ3n) is 3.93. The maximum atomic E-state index is 12.3. The van der Waals surface area contributed by atoms with Crippen LogP contribution in [-0.4, -0.2) is 35.0 Å². The molecule has 1 amide bonds. The molecule has 0 unspecified atom stereocenters. The lowest BCUT2D eigenvalue weighted by Gasteiger charge is -2.25. The SMILES string of the molecule is CCCCC(O)(CCCC)C(=O)NN=Cc1cccc(OC)c1O. The van der Waals surface area contributed by atoms with Crippen molar-refractivity contribution in [3.63, 3.8) is 0 Å². The molecular weight excluding hydrogens is 308 g/mol. The van der Waals surface area contributed by atoms with Gasteiger partial charge in [-0.3, -0.25) is 4.79 Å². The molecule has 0 aliphatic rings. The number of benzene rings is 1. The van der Waals surface area contributed by atoms with E-state index in [-0.39, 0.29) is 5.75 Å². The van der Waals surface area contributed by atoms with Gasteiger partial charge in [-0.2, -0.15) is 5.10 Å². The summed E-state index contributed by atoms with van der Waals surface area (Å²) in [7, 11) is 1.46. The molecule has 6 nitrogen and oxygen atoms in total. The van der Waals surface area contributed by atoms with E-state index in [9.17, 15) is 15.0 Å². The summed E-state index contributed by atoms with van der Waals surface area (Å²) in [6.07, 6.45) is 5.51. The number of methoxy groups -OCH3 is 1. The Labute approximate surface area is 143 Å². The number of aromatic hydroxyl groups is 1. The van der Waals surface area contributed by atoms with E-state index in [0.29, 0.717) is 24.2 Å².